The molecule has 2 aromatic rings. The Morgan fingerprint density at radius 3 is 2.14 bits per heavy atom. The Bertz CT molecular complexity index is 764. The second kappa shape index (κ2) is 8.63. The van der Waals surface area contributed by atoms with E-state index in [0.29, 0.717) is 12.1 Å². The third-order valence-electron chi connectivity index (χ3n) is 2.54. The molecule has 0 amide bonds. The molecule has 0 fully saturated rings. The first-order valence-corrected chi connectivity index (χ1v) is 7.52. The van der Waals surface area contributed by atoms with E-state index < -0.39 is 10.1 Å². The predicted molar refractivity (Wildman–Crippen MR) is 79.0 cm³/mol. The van der Waals surface area contributed by atoms with Gasteiger partial charge in [-0.3, -0.25) is 9.55 Å². The van der Waals surface area contributed by atoms with Crippen molar-refractivity contribution in [1.29, 1.82) is 0 Å². The van der Waals surface area contributed by atoms with Crippen molar-refractivity contribution < 1.29 is 22.6 Å². The summed E-state index contributed by atoms with van der Waals surface area (Å²) in [4.78, 5) is 20.3. The lowest BCUT2D eigenvalue weighted by Gasteiger charge is -2.01. The SMILES string of the molecule is O=C=O.O=S(=O)(O)c1ccccc1C=NCc1ccccc1. The van der Waals surface area contributed by atoms with Crippen LogP contribution >= 0.6 is 0 Å². The minimum Gasteiger partial charge on any atom is -0.288 e. The molecule has 0 heterocycles. The number of hydrogen-bond acceptors (Lipinski definition) is 5. The zero-order chi connectivity index (χ0) is 16.4. The van der Waals surface area contributed by atoms with E-state index in [4.69, 9.17) is 14.1 Å². The first-order chi connectivity index (χ1) is 10.5. The van der Waals surface area contributed by atoms with Crippen molar-refractivity contribution in [3.8, 4) is 0 Å². The smallest absolute Gasteiger partial charge is 0.288 e. The van der Waals surface area contributed by atoms with Gasteiger partial charge in [-0.15, -0.1) is 0 Å². The maximum Gasteiger partial charge on any atom is 0.373 e. The first-order valence-electron chi connectivity index (χ1n) is 6.08. The van der Waals surface area contributed by atoms with Gasteiger partial charge in [0.1, 0.15) is 4.90 Å². The zero-order valence-corrected chi connectivity index (χ0v) is 12.2. The fraction of sp³-hybridized carbons (Fsp3) is 0.0667. The fourth-order valence-corrected chi connectivity index (χ4v) is 2.32. The molecule has 0 saturated carbocycles. The van der Waals surface area contributed by atoms with Gasteiger partial charge in [-0.05, 0) is 11.6 Å². The molecule has 2 rings (SSSR count). The highest BCUT2D eigenvalue weighted by Crippen LogP contribution is 2.13. The Morgan fingerprint density at radius 2 is 1.55 bits per heavy atom. The van der Waals surface area contributed by atoms with Crippen LogP contribution in [0.1, 0.15) is 11.1 Å². The van der Waals surface area contributed by atoms with E-state index in [1.165, 1.54) is 12.3 Å². The van der Waals surface area contributed by atoms with Crippen molar-refractivity contribution in [1.82, 2.24) is 0 Å². The monoisotopic (exact) mass is 319 g/mol. The van der Waals surface area contributed by atoms with Crippen LogP contribution in [-0.4, -0.2) is 25.3 Å². The Hall–Kier alpha value is -2.60. The second-order valence-corrected chi connectivity index (χ2v) is 5.44. The summed E-state index contributed by atoms with van der Waals surface area (Å²) in [5.41, 5.74) is 1.41. The van der Waals surface area contributed by atoms with Crippen LogP contribution in [0.5, 0.6) is 0 Å². The van der Waals surface area contributed by atoms with Gasteiger partial charge >= 0.3 is 6.15 Å². The fourth-order valence-electron chi connectivity index (χ4n) is 1.65. The Labute approximate surface area is 127 Å². The quantitative estimate of drug-likeness (QED) is 0.686. The van der Waals surface area contributed by atoms with Crippen molar-refractivity contribution >= 4 is 22.5 Å². The minimum atomic E-state index is -4.22. The lowest BCUT2D eigenvalue weighted by molar-refractivity contribution is -0.191. The molecule has 0 spiro atoms. The average Bonchev–Trinajstić information content (AvgIpc) is 2.49. The molecule has 0 aliphatic carbocycles. The van der Waals surface area contributed by atoms with E-state index in [-0.39, 0.29) is 11.0 Å². The van der Waals surface area contributed by atoms with Crippen LogP contribution in [0.25, 0.3) is 0 Å². The van der Waals surface area contributed by atoms with Crippen molar-refractivity contribution in [2.75, 3.05) is 0 Å². The number of aliphatic imine (C=N–C) groups is 1. The van der Waals surface area contributed by atoms with Gasteiger partial charge in [0.2, 0.25) is 0 Å². The summed E-state index contributed by atoms with van der Waals surface area (Å²) in [6, 6.07) is 15.8. The topological polar surface area (TPSA) is 101 Å². The van der Waals surface area contributed by atoms with Gasteiger partial charge in [-0.25, -0.2) is 0 Å². The van der Waals surface area contributed by atoms with Crippen LogP contribution in [0.4, 0.5) is 0 Å². The molecule has 2 aromatic carbocycles. The summed E-state index contributed by atoms with van der Waals surface area (Å²) in [6.45, 7) is 0.459. The van der Waals surface area contributed by atoms with E-state index in [2.05, 4.69) is 4.99 Å². The lowest BCUT2D eigenvalue weighted by atomic mass is 10.2. The molecule has 7 heteroatoms. The summed E-state index contributed by atoms with van der Waals surface area (Å²) >= 11 is 0. The molecule has 6 nitrogen and oxygen atoms in total. The molecule has 0 radical (unpaired) electrons. The number of hydrogen-bond donors (Lipinski definition) is 1. The van der Waals surface area contributed by atoms with Crippen molar-refractivity contribution in [2.24, 2.45) is 4.99 Å². The van der Waals surface area contributed by atoms with Crippen LogP contribution in [0.2, 0.25) is 0 Å². The van der Waals surface area contributed by atoms with Crippen LogP contribution < -0.4 is 0 Å². The standard InChI is InChI=1S/C14H13NO3S.CO2/c16-19(17,18)14-9-5-4-8-13(14)11-15-10-12-6-2-1-3-7-12;2-1-3/h1-9,11H,10H2,(H,16,17,18);. The van der Waals surface area contributed by atoms with E-state index in [9.17, 15) is 8.42 Å². The third kappa shape index (κ3) is 5.80. The molecule has 0 unspecified atom stereocenters. The maximum absolute atomic E-state index is 11.2. The molecular weight excluding hydrogens is 306 g/mol. The van der Waals surface area contributed by atoms with E-state index in [1.54, 1.807) is 18.2 Å². The molecule has 1 N–H and O–H groups in total. The highest BCUT2D eigenvalue weighted by molar-refractivity contribution is 7.86. The van der Waals surface area contributed by atoms with Gasteiger partial charge in [0.15, 0.2) is 0 Å². The van der Waals surface area contributed by atoms with Gasteiger partial charge in [-0.2, -0.15) is 18.0 Å². The molecule has 0 atom stereocenters. The van der Waals surface area contributed by atoms with Gasteiger partial charge in [0, 0.05) is 11.8 Å². The number of carbonyl (C=O) groups excluding carboxylic acids is 2. The summed E-state index contributed by atoms with van der Waals surface area (Å²) in [5.74, 6) is 0. The number of rotatable bonds is 4. The van der Waals surface area contributed by atoms with E-state index in [1.807, 2.05) is 30.3 Å². The third-order valence-corrected chi connectivity index (χ3v) is 3.47. The van der Waals surface area contributed by atoms with Crippen molar-refractivity contribution in [3.63, 3.8) is 0 Å². The molecular formula is C15H13NO5S. The normalized spacial score (nSPS) is 10.6. The predicted octanol–water partition coefficient (Wildman–Crippen LogP) is 1.97. The molecule has 0 bridgehead atoms. The van der Waals surface area contributed by atoms with Crippen LogP contribution in [0.3, 0.4) is 0 Å². The molecule has 22 heavy (non-hydrogen) atoms. The largest absolute Gasteiger partial charge is 0.373 e. The summed E-state index contributed by atoms with van der Waals surface area (Å²) in [5, 5.41) is 0. The van der Waals surface area contributed by atoms with Gasteiger partial charge in [0.05, 0.1) is 6.54 Å². The van der Waals surface area contributed by atoms with Crippen molar-refractivity contribution in [3.05, 3.63) is 65.7 Å². The average molecular weight is 319 g/mol. The Balaban J connectivity index is 0.000000745. The maximum atomic E-state index is 11.2. The van der Waals surface area contributed by atoms with Crippen molar-refractivity contribution in [2.45, 2.75) is 11.4 Å². The Kier molecular flexibility index (Phi) is 6.85. The van der Waals surface area contributed by atoms with Crippen LogP contribution in [0, 0.1) is 0 Å². The number of benzene rings is 2. The lowest BCUT2D eigenvalue weighted by Crippen LogP contribution is -2.02. The highest BCUT2D eigenvalue weighted by Gasteiger charge is 2.12. The van der Waals surface area contributed by atoms with Gasteiger partial charge in [0.25, 0.3) is 10.1 Å². The van der Waals surface area contributed by atoms with Gasteiger partial charge < -0.3 is 0 Å². The highest BCUT2D eigenvalue weighted by atomic mass is 32.2. The van der Waals surface area contributed by atoms with Gasteiger partial charge in [-0.1, -0.05) is 48.5 Å². The molecule has 0 saturated heterocycles. The molecule has 0 aromatic heterocycles. The summed E-state index contributed by atoms with van der Waals surface area (Å²) in [6.07, 6.45) is 1.70. The second-order valence-electron chi connectivity index (χ2n) is 4.05. The van der Waals surface area contributed by atoms with E-state index >= 15 is 0 Å². The van der Waals surface area contributed by atoms with Crippen LogP contribution in [0.15, 0.2) is 64.5 Å². The molecule has 0 aliphatic rings. The molecule has 0 aliphatic heterocycles. The van der Waals surface area contributed by atoms with E-state index in [0.717, 1.165) is 5.56 Å². The first kappa shape index (κ1) is 17.5. The van der Waals surface area contributed by atoms with Crippen LogP contribution in [-0.2, 0) is 26.3 Å². The molecule has 114 valence electrons. The summed E-state index contributed by atoms with van der Waals surface area (Å²) < 4.78 is 31.5. The Morgan fingerprint density at radius 1 is 1.00 bits per heavy atom. The zero-order valence-electron chi connectivity index (χ0n) is 11.4. The number of nitrogens with zero attached hydrogens (tertiary/aromatic N) is 1. The summed E-state index contributed by atoms with van der Waals surface area (Å²) in [7, 11) is -4.22. The minimum absolute atomic E-state index is 0.133.